The van der Waals surface area contributed by atoms with Crippen molar-refractivity contribution in [2.75, 3.05) is 18.0 Å². The maximum Gasteiger partial charge on any atom is 0.215 e. The molecule has 2 atom stereocenters. The molecule has 0 bridgehead atoms. The van der Waals surface area contributed by atoms with Crippen molar-refractivity contribution < 1.29 is 13.9 Å². The van der Waals surface area contributed by atoms with Gasteiger partial charge in [-0.3, -0.25) is 9.69 Å². The van der Waals surface area contributed by atoms with Crippen LogP contribution in [0.1, 0.15) is 53.3 Å². The van der Waals surface area contributed by atoms with Gasteiger partial charge in [-0.05, 0) is 56.7 Å². The van der Waals surface area contributed by atoms with E-state index in [4.69, 9.17) is 20.0 Å². The van der Waals surface area contributed by atoms with E-state index in [-0.39, 0.29) is 18.0 Å². The lowest BCUT2D eigenvalue weighted by atomic mass is 10.1. The summed E-state index contributed by atoms with van der Waals surface area (Å²) in [6, 6.07) is 18.3. The summed E-state index contributed by atoms with van der Waals surface area (Å²) in [6.45, 7) is 7.23. The lowest BCUT2D eigenvalue weighted by Crippen LogP contribution is -2.46. The number of pyridine rings is 1. The van der Waals surface area contributed by atoms with Crippen LogP contribution in [0, 0.1) is 17.1 Å². The number of halogens is 1. The Bertz CT molecular complexity index is 1940. The van der Waals surface area contributed by atoms with Gasteiger partial charge in [0.2, 0.25) is 5.88 Å². The lowest BCUT2D eigenvalue weighted by Gasteiger charge is -2.34. The van der Waals surface area contributed by atoms with Crippen LogP contribution in [-0.2, 0) is 26.2 Å². The molecule has 2 aliphatic rings. The minimum Gasteiger partial charge on any atom is -0.473 e. The minimum atomic E-state index is -0.470. The number of nitriles is 1. The van der Waals surface area contributed by atoms with Gasteiger partial charge < -0.3 is 14.2 Å². The van der Waals surface area contributed by atoms with Gasteiger partial charge >= 0.3 is 0 Å². The van der Waals surface area contributed by atoms with Crippen LogP contribution in [0.4, 0.5) is 10.2 Å². The monoisotopic (exact) mass is 605 g/mol. The fourth-order valence-corrected chi connectivity index (χ4v) is 6.17. The van der Waals surface area contributed by atoms with Gasteiger partial charge in [-0.15, -0.1) is 5.10 Å². The number of aromatic nitrogens is 6. The number of imidazole rings is 1. The van der Waals surface area contributed by atoms with Gasteiger partial charge in [0.1, 0.15) is 24.1 Å². The van der Waals surface area contributed by atoms with E-state index in [1.165, 1.54) is 6.07 Å². The zero-order valence-electron chi connectivity index (χ0n) is 25.1. The summed E-state index contributed by atoms with van der Waals surface area (Å²) in [5.41, 5.74) is 4.07. The molecule has 3 aromatic heterocycles. The molecule has 0 unspecified atom stereocenters. The van der Waals surface area contributed by atoms with Gasteiger partial charge in [-0.1, -0.05) is 17.3 Å². The number of hydrogen-bond donors (Lipinski definition) is 0. The predicted molar refractivity (Wildman–Crippen MR) is 164 cm³/mol. The second-order valence-electron chi connectivity index (χ2n) is 11.5. The molecule has 1 saturated carbocycles. The van der Waals surface area contributed by atoms with E-state index in [0.717, 1.165) is 47.9 Å². The van der Waals surface area contributed by atoms with E-state index in [1.807, 2.05) is 48.0 Å². The van der Waals surface area contributed by atoms with Crippen molar-refractivity contribution >= 4 is 22.6 Å². The maximum absolute atomic E-state index is 14.3. The highest BCUT2D eigenvalue weighted by atomic mass is 19.1. The molecule has 12 heteroatoms. The van der Waals surface area contributed by atoms with Crippen LogP contribution < -0.4 is 9.64 Å². The van der Waals surface area contributed by atoms with Crippen LogP contribution in [0.15, 0.2) is 60.8 Å². The molecular weight excluding hydrogens is 573 g/mol. The molecule has 228 valence electrons. The first-order chi connectivity index (χ1) is 21.9. The Morgan fingerprint density at radius 1 is 1.09 bits per heavy atom. The zero-order chi connectivity index (χ0) is 31.1. The average Bonchev–Trinajstić information content (AvgIpc) is 3.62. The van der Waals surface area contributed by atoms with Crippen LogP contribution in [0.5, 0.6) is 5.88 Å². The molecule has 45 heavy (non-hydrogen) atoms. The van der Waals surface area contributed by atoms with Crippen molar-refractivity contribution in [3.63, 3.8) is 0 Å². The number of ether oxygens (including phenoxy) is 1. The number of ketones is 1. The number of rotatable bonds is 10. The summed E-state index contributed by atoms with van der Waals surface area (Å²) in [4.78, 5) is 26.8. The van der Waals surface area contributed by atoms with E-state index < -0.39 is 5.82 Å². The van der Waals surface area contributed by atoms with Crippen LogP contribution >= 0.6 is 0 Å². The Hall–Kier alpha value is -5.15. The van der Waals surface area contributed by atoms with Gasteiger partial charge in [-0.25, -0.2) is 14.1 Å². The quantitative estimate of drug-likeness (QED) is 0.214. The normalized spacial score (nSPS) is 17.7. The fourth-order valence-electron chi connectivity index (χ4n) is 6.17. The van der Waals surface area contributed by atoms with Crippen LogP contribution in [0.2, 0.25) is 0 Å². The summed E-state index contributed by atoms with van der Waals surface area (Å²) >= 11 is 0. The summed E-state index contributed by atoms with van der Waals surface area (Å²) in [5.74, 6) is 1.76. The van der Waals surface area contributed by atoms with Crippen LogP contribution in [0.25, 0.3) is 11.0 Å². The van der Waals surface area contributed by atoms with E-state index in [2.05, 4.69) is 24.7 Å². The van der Waals surface area contributed by atoms with Crippen molar-refractivity contribution in [2.24, 2.45) is 0 Å². The standard InChI is InChI=1S/C33H32FN9O2/c1-3-43-25(17-36-39-43)18-42-28-14-23(21(2)44)9-10-27(28)37-32(42)19-40-11-12-41(30-15-29(30)40)31-5-4-6-33(38-31)45-20-24-8-7-22(16-35)13-26(24)34/h4-10,13-14,17,29-30H,3,11-12,15,18-20H2,1-2H3/t29-,30+/m0/s1. The smallest absolute Gasteiger partial charge is 0.215 e. The second kappa shape index (κ2) is 11.7. The first-order valence-electron chi connectivity index (χ1n) is 15.1. The third kappa shape index (κ3) is 5.62. The number of piperazine rings is 1. The summed E-state index contributed by atoms with van der Waals surface area (Å²) in [5, 5.41) is 17.3. The second-order valence-corrected chi connectivity index (χ2v) is 11.5. The molecule has 7 rings (SSSR count). The first kappa shape index (κ1) is 28.6. The third-order valence-corrected chi connectivity index (χ3v) is 8.68. The van der Waals surface area contributed by atoms with Crippen molar-refractivity contribution in [1.29, 1.82) is 5.26 Å². The number of carbonyl (C=O) groups excluding carboxylic acids is 1. The van der Waals surface area contributed by atoms with Crippen molar-refractivity contribution in [1.82, 2.24) is 34.4 Å². The molecule has 0 amide bonds. The van der Waals surface area contributed by atoms with Crippen molar-refractivity contribution in [2.45, 2.75) is 58.6 Å². The van der Waals surface area contributed by atoms with Crippen LogP contribution in [0.3, 0.4) is 0 Å². The molecular formula is C33H32FN9O2. The molecule has 2 aromatic carbocycles. The number of anilines is 1. The van der Waals surface area contributed by atoms with E-state index in [0.29, 0.717) is 48.7 Å². The number of aryl methyl sites for hydroxylation is 1. The molecule has 2 fully saturated rings. The Balaban J connectivity index is 1.07. The van der Waals surface area contributed by atoms with Crippen molar-refractivity contribution in [3.8, 4) is 11.9 Å². The highest BCUT2D eigenvalue weighted by molar-refractivity contribution is 5.97. The summed E-state index contributed by atoms with van der Waals surface area (Å²) in [7, 11) is 0. The molecule has 1 saturated heterocycles. The number of nitrogens with zero attached hydrogens (tertiary/aromatic N) is 9. The highest BCUT2D eigenvalue weighted by Gasteiger charge is 2.49. The fraction of sp³-hybridized carbons (Fsp3) is 0.333. The molecule has 0 N–H and O–H groups in total. The van der Waals surface area contributed by atoms with Gasteiger partial charge in [0, 0.05) is 48.9 Å². The zero-order valence-corrected chi connectivity index (χ0v) is 25.1. The largest absolute Gasteiger partial charge is 0.473 e. The van der Waals surface area contributed by atoms with Crippen molar-refractivity contribution in [3.05, 3.63) is 94.8 Å². The maximum atomic E-state index is 14.3. The first-order valence-corrected chi connectivity index (χ1v) is 15.1. The average molecular weight is 606 g/mol. The number of hydrogen-bond acceptors (Lipinski definition) is 9. The Labute approximate surface area is 259 Å². The molecule has 1 aliphatic carbocycles. The van der Waals surface area contributed by atoms with Gasteiger partial charge in [0.15, 0.2) is 5.78 Å². The summed E-state index contributed by atoms with van der Waals surface area (Å²) < 4.78 is 24.2. The number of fused-ring (bicyclic) bond motifs is 2. The molecule has 1 aliphatic heterocycles. The minimum absolute atomic E-state index is 0.0212. The van der Waals surface area contributed by atoms with Gasteiger partial charge in [0.05, 0.1) is 47.6 Å². The Morgan fingerprint density at radius 2 is 1.98 bits per heavy atom. The highest BCUT2D eigenvalue weighted by Crippen LogP contribution is 2.40. The summed E-state index contributed by atoms with van der Waals surface area (Å²) in [6.07, 6.45) is 2.81. The third-order valence-electron chi connectivity index (χ3n) is 8.68. The molecule has 0 spiro atoms. The Morgan fingerprint density at radius 3 is 2.78 bits per heavy atom. The molecule has 11 nitrogen and oxygen atoms in total. The molecule has 5 aromatic rings. The predicted octanol–water partition coefficient (Wildman–Crippen LogP) is 4.35. The van der Waals surface area contributed by atoms with E-state index in [1.54, 1.807) is 31.3 Å². The van der Waals surface area contributed by atoms with E-state index >= 15 is 0 Å². The van der Waals surface area contributed by atoms with Gasteiger partial charge in [-0.2, -0.15) is 10.2 Å². The van der Waals surface area contributed by atoms with E-state index in [9.17, 15) is 9.18 Å². The Kier molecular flexibility index (Phi) is 7.47. The van der Waals surface area contributed by atoms with Gasteiger partial charge in [0.25, 0.3) is 0 Å². The lowest BCUT2D eigenvalue weighted by molar-refractivity contribution is 0.101. The van der Waals surface area contributed by atoms with Crippen LogP contribution in [-0.4, -0.2) is 65.4 Å². The topological polar surface area (TPSA) is 118 Å². The molecule has 4 heterocycles. The number of carbonyl (C=O) groups is 1. The molecule has 0 radical (unpaired) electrons. The number of Topliss-reactive ketones (excluding diaryl/α,β-unsaturated/α-hetero) is 1. The number of benzene rings is 2. The SMILES string of the molecule is CCn1nncc1Cn1c(CN2CCN(c3cccc(OCc4ccc(C#N)cc4F)n3)[C@@H]3C[C@@H]32)nc2ccc(C(C)=O)cc21.